The fourth-order valence-electron chi connectivity index (χ4n) is 5.01. The third-order valence-electron chi connectivity index (χ3n) is 7.87. The maximum absolute atomic E-state index is 12.5. The molecule has 0 saturated heterocycles. The number of ether oxygens (including phenoxy) is 2. The molecule has 3 atom stereocenters. The van der Waals surface area contributed by atoms with Crippen molar-refractivity contribution >= 4 is 19.8 Å². The molecule has 0 bridgehead atoms. The van der Waals surface area contributed by atoms with Crippen LogP contribution in [0.3, 0.4) is 0 Å². The number of aliphatic hydroxyl groups is 2. The fraction of sp³-hybridized carbons (Fsp3) is 0.943. The minimum absolute atomic E-state index is 0.188. The van der Waals surface area contributed by atoms with E-state index >= 15 is 0 Å². The first-order valence-corrected chi connectivity index (χ1v) is 19.7. The summed E-state index contributed by atoms with van der Waals surface area (Å²) in [7, 11) is -4.60. The maximum Gasteiger partial charge on any atom is 0.472 e. The van der Waals surface area contributed by atoms with Gasteiger partial charge in [-0.3, -0.25) is 18.6 Å². The van der Waals surface area contributed by atoms with Crippen molar-refractivity contribution in [3.8, 4) is 0 Å². The van der Waals surface area contributed by atoms with Crippen molar-refractivity contribution in [2.75, 3.05) is 26.4 Å². The van der Waals surface area contributed by atoms with Crippen molar-refractivity contribution in [2.24, 2.45) is 11.8 Å². The SMILES string of the molecule is CC(C)CCCCCCCCCCCC(=O)O[C@H](COC(=O)CCCCCCCCCCC(C)C)COP(=O)(O)OC[C@@H](O)CO. The van der Waals surface area contributed by atoms with Gasteiger partial charge in [-0.2, -0.15) is 0 Å². The van der Waals surface area contributed by atoms with Gasteiger partial charge in [0.05, 0.1) is 19.8 Å². The zero-order chi connectivity index (χ0) is 34.5. The lowest BCUT2D eigenvalue weighted by Gasteiger charge is -2.20. The molecule has 0 aliphatic carbocycles. The number of phosphoric acid groups is 1. The van der Waals surface area contributed by atoms with E-state index in [1.54, 1.807) is 0 Å². The third kappa shape index (κ3) is 31.6. The van der Waals surface area contributed by atoms with Gasteiger partial charge in [-0.25, -0.2) is 4.57 Å². The van der Waals surface area contributed by atoms with Gasteiger partial charge in [0, 0.05) is 12.8 Å². The second-order valence-corrected chi connectivity index (χ2v) is 15.0. The summed E-state index contributed by atoms with van der Waals surface area (Å²) in [6.45, 7) is 6.93. The smallest absolute Gasteiger partial charge is 0.462 e. The number of aliphatic hydroxyl groups excluding tert-OH is 2. The lowest BCUT2D eigenvalue weighted by atomic mass is 10.0. The Kier molecular flexibility index (Phi) is 29.4. The van der Waals surface area contributed by atoms with Gasteiger partial charge in [0.25, 0.3) is 0 Å². The van der Waals surface area contributed by atoms with Crippen LogP contribution in [-0.4, -0.2) is 65.7 Å². The molecule has 11 heteroatoms. The van der Waals surface area contributed by atoms with Gasteiger partial charge >= 0.3 is 19.8 Å². The van der Waals surface area contributed by atoms with Gasteiger partial charge in [0.2, 0.25) is 0 Å². The molecule has 0 radical (unpaired) electrons. The number of esters is 2. The first kappa shape index (κ1) is 45.0. The Balaban J connectivity index is 4.39. The van der Waals surface area contributed by atoms with Gasteiger partial charge in [-0.05, 0) is 24.7 Å². The summed E-state index contributed by atoms with van der Waals surface area (Å²) in [5.74, 6) is 0.615. The molecule has 0 aliphatic heterocycles. The summed E-state index contributed by atoms with van der Waals surface area (Å²) in [5, 5.41) is 18.2. The van der Waals surface area contributed by atoms with Gasteiger partial charge in [-0.1, -0.05) is 137 Å². The molecular weight excluding hydrogens is 611 g/mol. The third-order valence-corrected chi connectivity index (χ3v) is 8.82. The van der Waals surface area contributed by atoms with E-state index < -0.39 is 51.8 Å². The summed E-state index contributed by atoms with van der Waals surface area (Å²) in [6, 6.07) is 0. The fourth-order valence-corrected chi connectivity index (χ4v) is 5.80. The number of hydrogen-bond donors (Lipinski definition) is 3. The molecule has 3 N–H and O–H groups in total. The molecule has 46 heavy (non-hydrogen) atoms. The van der Waals surface area contributed by atoms with Crippen LogP contribution in [-0.2, 0) is 32.7 Å². The van der Waals surface area contributed by atoms with E-state index in [0.29, 0.717) is 12.8 Å². The van der Waals surface area contributed by atoms with Crippen molar-refractivity contribution in [1.82, 2.24) is 0 Å². The van der Waals surface area contributed by atoms with Crippen molar-refractivity contribution in [3.63, 3.8) is 0 Å². The lowest BCUT2D eigenvalue weighted by Crippen LogP contribution is -2.29. The number of phosphoric ester groups is 1. The zero-order valence-electron chi connectivity index (χ0n) is 29.6. The van der Waals surface area contributed by atoms with Crippen LogP contribution in [0.4, 0.5) is 0 Å². The Hall–Kier alpha value is -1.03. The molecule has 0 amide bonds. The number of carbonyl (C=O) groups excluding carboxylic acids is 2. The van der Waals surface area contributed by atoms with Crippen LogP contribution < -0.4 is 0 Å². The van der Waals surface area contributed by atoms with E-state index in [9.17, 15) is 24.2 Å². The van der Waals surface area contributed by atoms with Crippen molar-refractivity contribution < 1.29 is 47.8 Å². The predicted molar refractivity (Wildman–Crippen MR) is 182 cm³/mol. The van der Waals surface area contributed by atoms with Crippen LogP contribution in [0.2, 0.25) is 0 Å². The van der Waals surface area contributed by atoms with Crippen molar-refractivity contribution in [3.05, 3.63) is 0 Å². The van der Waals surface area contributed by atoms with E-state index in [0.717, 1.165) is 50.4 Å². The van der Waals surface area contributed by atoms with E-state index in [1.165, 1.54) is 70.6 Å². The van der Waals surface area contributed by atoms with E-state index in [1.807, 2.05) is 0 Å². The summed E-state index contributed by atoms with van der Waals surface area (Å²) in [5.41, 5.74) is 0. The van der Waals surface area contributed by atoms with Gasteiger partial charge in [0.15, 0.2) is 6.10 Å². The minimum Gasteiger partial charge on any atom is -0.462 e. The Morgan fingerprint density at radius 1 is 0.587 bits per heavy atom. The second-order valence-electron chi connectivity index (χ2n) is 13.6. The molecule has 0 aliphatic rings. The average Bonchev–Trinajstić information content (AvgIpc) is 3.00. The molecular formula is C35H69O10P. The number of unbranched alkanes of at least 4 members (excludes halogenated alkanes) is 15. The van der Waals surface area contributed by atoms with Gasteiger partial charge < -0.3 is 24.6 Å². The molecule has 0 aromatic heterocycles. The van der Waals surface area contributed by atoms with Crippen LogP contribution >= 0.6 is 7.82 Å². The quantitative estimate of drug-likeness (QED) is 0.0350. The Labute approximate surface area is 280 Å². The van der Waals surface area contributed by atoms with Gasteiger partial charge in [0.1, 0.15) is 12.7 Å². The molecule has 0 aromatic carbocycles. The Bertz CT molecular complexity index is 776. The summed E-state index contributed by atoms with van der Waals surface area (Å²) in [4.78, 5) is 34.7. The van der Waals surface area contributed by atoms with E-state index in [-0.39, 0.29) is 19.4 Å². The molecule has 0 rings (SSSR count). The van der Waals surface area contributed by atoms with Crippen LogP contribution in [0.15, 0.2) is 0 Å². The maximum atomic E-state index is 12.5. The summed E-state index contributed by atoms with van der Waals surface area (Å²) >= 11 is 0. The highest BCUT2D eigenvalue weighted by molar-refractivity contribution is 7.47. The topological polar surface area (TPSA) is 149 Å². The van der Waals surface area contributed by atoms with Gasteiger partial charge in [-0.15, -0.1) is 0 Å². The Morgan fingerprint density at radius 3 is 1.41 bits per heavy atom. The number of rotatable bonds is 33. The number of hydrogen-bond acceptors (Lipinski definition) is 9. The van der Waals surface area contributed by atoms with Crippen LogP contribution in [0.1, 0.15) is 163 Å². The normalized spacial score (nSPS) is 14.4. The molecule has 0 spiro atoms. The second kappa shape index (κ2) is 30.1. The van der Waals surface area contributed by atoms with Crippen LogP contribution in [0, 0.1) is 11.8 Å². The predicted octanol–water partition coefficient (Wildman–Crippen LogP) is 8.43. The highest BCUT2D eigenvalue weighted by Gasteiger charge is 2.27. The average molecular weight is 681 g/mol. The Morgan fingerprint density at radius 2 is 0.978 bits per heavy atom. The lowest BCUT2D eigenvalue weighted by molar-refractivity contribution is -0.161. The minimum atomic E-state index is -4.60. The summed E-state index contributed by atoms with van der Waals surface area (Å²) in [6.07, 6.45) is 19.6. The number of carbonyl (C=O) groups is 2. The molecule has 0 saturated carbocycles. The van der Waals surface area contributed by atoms with Crippen molar-refractivity contribution in [2.45, 2.75) is 175 Å². The molecule has 274 valence electrons. The van der Waals surface area contributed by atoms with Crippen LogP contribution in [0.5, 0.6) is 0 Å². The van der Waals surface area contributed by atoms with E-state index in [2.05, 4.69) is 32.2 Å². The molecule has 0 fully saturated rings. The van der Waals surface area contributed by atoms with Crippen molar-refractivity contribution in [1.29, 1.82) is 0 Å². The monoisotopic (exact) mass is 680 g/mol. The molecule has 0 aromatic rings. The highest BCUT2D eigenvalue weighted by Crippen LogP contribution is 2.43. The first-order valence-electron chi connectivity index (χ1n) is 18.2. The highest BCUT2D eigenvalue weighted by atomic mass is 31.2. The zero-order valence-corrected chi connectivity index (χ0v) is 30.5. The first-order chi connectivity index (χ1) is 21.9. The molecule has 0 heterocycles. The largest absolute Gasteiger partial charge is 0.472 e. The molecule has 1 unspecified atom stereocenters. The summed E-state index contributed by atoms with van der Waals surface area (Å²) < 4.78 is 32.5. The standard InChI is InChI=1S/C35H69O10P/c1-30(2)22-18-14-10-6-5-7-13-17-21-25-35(39)45-33(29-44-46(40,41)43-27-32(37)26-36)28-42-34(38)24-20-16-12-9-8-11-15-19-23-31(3)4/h30-33,36-37H,5-29H2,1-4H3,(H,40,41)/t32-,33+/m0/s1. The molecule has 10 nitrogen and oxygen atoms in total. The van der Waals surface area contributed by atoms with Crippen LogP contribution in [0.25, 0.3) is 0 Å². The van der Waals surface area contributed by atoms with E-state index in [4.69, 9.17) is 19.1 Å².